The van der Waals surface area contributed by atoms with Crippen molar-refractivity contribution in [3.05, 3.63) is 42.2 Å². The van der Waals surface area contributed by atoms with E-state index in [4.69, 9.17) is 0 Å². The second kappa shape index (κ2) is 6.63. The Morgan fingerprint density at radius 3 is 2.39 bits per heavy atom. The van der Waals surface area contributed by atoms with Crippen LogP contribution in [0.2, 0.25) is 0 Å². The van der Waals surface area contributed by atoms with E-state index in [-0.39, 0.29) is 11.4 Å². The minimum absolute atomic E-state index is 0.0834. The zero-order valence-corrected chi connectivity index (χ0v) is 11.3. The van der Waals surface area contributed by atoms with Crippen molar-refractivity contribution < 1.29 is 31.5 Å². The Labute approximate surface area is 126 Å². The molecule has 1 aromatic heterocycles. The van der Waals surface area contributed by atoms with Crippen LogP contribution < -0.4 is 10.1 Å². The summed E-state index contributed by atoms with van der Waals surface area (Å²) < 4.78 is 66.0. The van der Waals surface area contributed by atoms with Crippen molar-refractivity contribution in [2.75, 3.05) is 5.32 Å². The monoisotopic (exact) mass is 335 g/mol. The molecule has 2 rings (SSSR count). The van der Waals surface area contributed by atoms with Crippen molar-refractivity contribution in [3.63, 3.8) is 0 Å². The molecule has 0 aliphatic rings. The lowest BCUT2D eigenvalue weighted by atomic mass is 10.3. The molecule has 1 N–H and O–H groups in total. The summed E-state index contributed by atoms with van der Waals surface area (Å²) in [7, 11) is 0. The topological polar surface area (TPSA) is 56.2 Å². The van der Waals surface area contributed by atoms with Crippen LogP contribution in [0.3, 0.4) is 0 Å². The van der Waals surface area contributed by atoms with Gasteiger partial charge in [-0.15, -0.1) is 0 Å². The second-order valence-corrected chi connectivity index (χ2v) is 4.35. The number of nitrogens with zero attached hydrogens (tertiary/aromatic N) is 2. The highest BCUT2D eigenvalue weighted by molar-refractivity contribution is 5.90. The van der Waals surface area contributed by atoms with E-state index in [0.717, 1.165) is 16.9 Å². The van der Waals surface area contributed by atoms with Crippen molar-refractivity contribution >= 4 is 11.6 Å². The first-order chi connectivity index (χ1) is 10.7. The average Bonchev–Trinajstić information content (AvgIpc) is 2.89. The number of rotatable bonds is 5. The highest BCUT2D eigenvalue weighted by Crippen LogP contribution is 2.27. The molecular weight excluding hydrogens is 325 g/mol. The average molecular weight is 335 g/mol. The minimum atomic E-state index is -4.58. The zero-order valence-electron chi connectivity index (χ0n) is 11.3. The maximum Gasteiger partial charge on any atom is 0.435 e. The fraction of sp³-hybridized carbons (Fsp3) is 0.231. The quantitative estimate of drug-likeness (QED) is 0.854. The second-order valence-electron chi connectivity index (χ2n) is 4.35. The van der Waals surface area contributed by atoms with Crippen molar-refractivity contribution in [2.24, 2.45) is 0 Å². The van der Waals surface area contributed by atoms with Gasteiger partial charge < -0.3 is 10.1 Å². The predicted molar refractivity (Wildman–Crippen MR) is 68.9 cm³/mol. The number of hydrogen-bond donors (Lipinski definition) is 1. The summed E-state index contributed by atoms with van der Waals surface area (Å²) in [6.07, 6.45) is -3.55. The highest BCUT2D eigenvalue weighted by atomic mass is 19.4. The number of benzene rings is 1. The molecule has 0 bridgehead atoms. The molecule has 23 heavy (non-hydrogen) atoms. The number of alkyl halides is 5. The first-order valence-corrected chi connectivity index (χ1v) is 6.19. The van der Waals surface area contributed by atoms with Crippen LogP contribution in [0.15, 0.2) is 36.5 Å². The summed E-state index contributed by atoms with van der Waals surface area (Å²) >= 11 is 0. The van der Waals surface area contributed by atoms with E-state index in [1.165, 1.54) is 24.3 Å². The number of nitrogens with one attached hydrogen (secondary N) is 1. The molecule has 0 unspecified atom stereocenters. The van der Waals surface area contributed by atoms with Gasteiger partial charge in [0.15, 0.2) is 5.69 Å². The molecule has 0 atom stereocenters. The van der Waals surface area contributed by atoms with E-state index in [2.05, 4.69) is 15.2 Å². The van der Waals surface area contributed by atoms with Gasteiger partial charge in [0.2, 0.25) is 5.91 Å². The van der Waals surface area contributed by atoms with Gasteiger partial charge in [-0.05, 0) is 30.3 Å². The lowest BCUT2D eigenvalue weighted by molar-refractivity contribution is -0.141. The van der Waals surface area contributed by atoms with E-state index >= 15 is 0 Å². The van der Waals surface area contributed by atoms with E-state index in [0.29, 0.717) is 0 Å². The van der Waals surface area contributed by atoms with Crippen molar-refractivity contribution in [1.29, 1.82) is 0 Å². The van der Waals surface area contributed by atoms with Crippen molar-refractivity contribution in [3.8, 4) is 5.75 Å². The molecule has 0 saturated carbocycles. The number of carbonyl (C=O) groups excluding carboxylic acids is 1. The van der Waals surface area contributed by atoms with Gasteiger partial charge in [0.25, 0.3) is 0 Å². The van der Waals surface area contributed by atoms with Crippen LogP contribution in [-0.4, -0.2) is 22.3 Å². The summed E-state index contributed by atoms with van der Waals surface area (Å²) in [5, 5.41) is 5.63. The van der Waals surface area contributed by atoms with E-state index in [9.17, 15) is 26.7 Å². The molecule has 5 nitrogen and oxygen atoms in total. The Kier molecular flexibility index (Phi) is 4.82. The summed E-state index contributed by atoms with van der Waals surface area (Å²) in [6.45, 7) is -3.39. The van der Waals surface area contributed by atoms with E-state index in [1.54, 1.807) is 0 Å². The van der Waals surface area contributed by atoms with Crippen LogP contribution in [0.1, 0.15) is 5.69 Å². The van der Waals surface area contributed by atoms with Gasteiger partial charge in [0, 0.05) is 11.9 Å². The predicted octanol–water partition coefficient (Wildman–Crippen LogP) is 3.14. The molecule has 1 aromatic carbocycles. The summed E-state index contributed by atoms with van der Waals surface area (Å²) in [5.41, 5.74) is -0.821. The summed E-state index contributed by atoms with van der Waals surface area (Å²) in [6, 6.07) is 5.83. The van der Waals surface area contributed by atoms with Crippen LogP contribution in [-0.2, 0) is 17.5 Å². The number of halogens is 5. The van der Waals surface area contributed by atoms with Crippen LogP contribution >= 0.6 is 0 Å². The number of hydrogen-bond acceptors (Lipinski definition) is 3. The molecule has 1 amide bonds. The zero-order chi connectivity index (χ0) is 17.0. The van der Waals surface area contributed by atoms with Crippen LogP contribution in [0, 0.1) is 0 Å². The van der Waals surface area contributed by atoms with Gasteiger partial charge in [-0.1, -0.05) is 0 Å². The Morgan fingerprint density at radius 2 is 1.87 bits per heavy atom. The Hall–Kier alpha value is -2.65. The van der Waals surface area contributed by atoms with Crippen molar-refractivity contribution in [2.45, 2.75) is 19.3 Å². The van der Waals surface area contributed by atoms with Gasteiger partial charge in [-0.3, -0.25) is 9.48 Å². The number of aromatic nitrogens is 2. The molecule has 0 radical (unpaired) electrons. The molecule has 0 spiro atoms. The third-order valence-corrected chi connectivity index (χ3v) is 2.60. The van der Waals surface area contributed by atoms with Gasteiger partial charge >= 0.3 is 12.8 Å². The first kappa shape index (κ1) is 16.7. The van der Waals surface area contributed by atoms with Gasteiger partial charge in [-0.25, -0.2) is 0 Å². The maximum atomic E-state index is 12.4. The highest BCUT2D eigenvalue weighted by Gasteiger charge is 2.33. The molecule has 1 heterocycles. The van der Waals surface area contributed by atoms with Crippen molar-refractivity contribution in [1.82, 2.24) is 9.78 Å². The lowest BCUT2D eigenvalue weighted by Gasteiger charge is -2.08. The van der Waals surface area contributed by atoms with Gasteiger partial charge in [-0.2, -0.15) is 27.1 Å². The van der Waals surface area contributed by atoms with Gasteiger partial charge in [0.05, 0.1) is 0 Å². The molecule has 2 aromatic rings. The van der Waals surface area contributed by atoms with Gasteiger partial charge in [0.1, 0.15) is 12.3 Å². The number of amides is 1. The number of carbonyl (C=O) groups is 1. The molecule has 0 aliphatic carbocycles. The largest absolute Gasteiger partial charge is 0.435 e. The molecule has 124 valence electrons. The minimum Gasteiger partial charge on any atom is -0.435 e. The molecule has 0 saturated heterocycles. The Morgan fingerprint density at radius 1 is 1.22 bits per heavy atom. The fourth-order valence-electron chi connectivity index (χ4n) is 1.67. The fourth-order valence-corrected chi connectivity index (χ4v) is 1.67. The summed E-state index contributed by atoms with van der Waals surface area (Å²) in [4.78, 5) is 11.7. The van der Waals surface area contributed by atoms with E-state index < -0.39 is 30.9 Å². The molecular formula is C13H10F5N3O2. The normalized spacial score (nSPS) is 11.6. The third-order valence-electron chi connectivity index (χ3n) is 2.60. The van der Waals surface area contributed by atoms with Crippen LogP contribution in [0.25, 0.3) is 0 Å². The maximum absolute atomic E-state index is 12.4. The summed E-state index contributed by atoms with van der Waals surface area (Å²) in [5.74, 6) is -0.704. The van der Waals surface area contributed by atoms with E-state index in [1.807, 2.05) is 0 Å². The smallest absolute Gasteiger partial charge is 0.435 e. The first-order valence-electron chi connectivity index (χ1n) is 6.19. The van der Waals surface area contributed by atoms with Crippen LogP contribution in [0.5, 0.6) is 5.75 Å². The molecule has 0 fully saturated rings. The third kappa shape index (κ3) is 4.94. The lowest BCUT2D eigenvalue weighted by Crippen LogP contribution is -2.19. The number of anilines is 1. The number of ether oxygens (including phenoxy) is 1. The molecule has 0 aliphatic heterocycles. The Bertz CT molecular complexity index is 667. The SMILES string of the molecule is O=C(Cn1ccc(C(F)(F)F)n1)Nc1ccc(OC(F)F)cc1. The Balaban J connectivity index is 1.93. The standard InChI is InChI=1S/C13H10F5N3O2/c14-12(15)23-9-3-1-8(2-4-9)19-11(22)7-21-6-5-10(20-21)13(16,17)18/h1-6,12H,7H2,(H,19,22). The van der Waals surface area contributed by atoms with Crippen LogP contribution in [0.4, 0.5) is 27.6 Å². The molecule has 10 heteroatoms.